The third kappa shape index (κ3) is 5.30. The Kier molecular flexibility index (Phi) is 6.02. The van der Waals surface area contributed by atoms with Crippen LogP contribution in [0.3, 0.4) is 0 Å². The second kappa shape index (κ2) is 7.61. The highest BCUT2D eigenvalue weighted by Crippen LogP contribution is 2.06. The van der Waals surface area contributed by atoms with Gasteiger partial charge < -0.3 is 9.47 Å². The molecule has 3 nitrogen and oxygen atoms in total. The number of rotatable bonds is 6. The van der Waals surface area contributed by atoms with Crippen LogP contribution >= 0.6 is 0 Å². The molecule has 0 fully saturated rings. The maximum absolute atomic E-state index is 8.94. The number of hydrogen-bond donors (Lipinski definition) is 0. The number of nitriles is 1. The minimum atomic E-state index is -0.586. The number of ether oxygens (including phenoxy) is 2. The third-order valence-electron chi connectivity index (χ3n) is 2.13. The summed E-state index contributed by atoms with van der Waals surface area (Å²) in [6.45, 7) is 4.24. The first-order valence-electron chi connectivity index (χ1n) is 5.66. The van der Waals surface area contributed by atoms with E-state index in [4.69, 9.17) is 14.7 Å². The Morgan fingerprint density at radius 3 is 2.65 bits per heavy atom. The molecule has 2 atom stereocenters. The summed E-state index contributed by atoms with van der Waals surface area (Å²) in [5, 5.41) is 8.94. The van der Waals surface area contributed by atoms with Crippen molar-refractivity contribution in [2.24, 2.45) is 0 Å². The Balaban J connectivity index is 2.53. The number of hydrogen-bond acceptors (Lipinski definition) is 3. The molecule has 0 radical (unpaired) electrons. The maximum Gasteiger partial charge on any atom is 0.165 e. The first-order chi connectivity index (χ1) is 8.26. The minimum Gasteiger partial charge on any atom is -0.353 e. The molecular formula is C14H17NO2. The van der Waals surface area contributed by atoms with Crippen molar-refractivity contribution in [2.45, 2.75) is 26.2 Å². The summed E-state index contributed by atoms with van der Waals surface area (Å²) in [5.74, 6) is 0. The Morgan fingerprint density at radius 2 is 2.06 bits per heavy atom. The molecule has 0 bridgehead atoms. The molecule has 0 aliphatic rings. The molecule has 0 aliphatic heterocycles. The zero-order chi connectivity index (χ0) is 12.5. The van der Waals surface area contributed by atoms with E-state index >= 15 is 0 Å². The molecule has 0 aliphatic carbocycles. The van der Waals surface area contributed by atoms with Crippen LogP contribution in [0.2, 0.25) is 0 Å². The summed E-state index contributed by atoms with van der Waals surface area (Å²) in [5.41, 5.74) is 1.04. The van der Waals surface area contributed by atoms with Crippen molar-refractivity contribution in [2.75, 3.05) is 6.61 Å². The fraction of sp³-hybridized carbons (Fsp3) is 0.357. The monoisotopic (exact) mass is 231 g/mol. The zero-order valence-corrected chi connectivity index (χ0v) is 10.2. The summed E-state index contributed by atoms with van der Waals surface area (Å²) < 4.78 is 10.6. The van der Waals surface area contributed by atoms with E-state index in [0.717, 1.165) is 5.56 Å². The van der Waals surface area contributed by atoms with Crippen molar-refractivity contribution >= 4 is 6.08 Å². The van der Waals surface area contributed by atoms with Gasteiger partial charge in [0.25, 0.3) is 0 Å². The van der Waals surface area contributed by atoms with Gasteiger partial charge in [-0.05, 0) is 25.5 Å². The van der Waals surface area contributed by atoms with E-state index in [1.165, 1.54) is 0 Å². The topological polar surface area (TPSA) is 42.2 Å². The fourth-order valence-electron chi connectivity index (χ4n) is 1.36. The second-order valence-corrected chi connectivity index (χ2v) is 3.48. The Hall–Kier alpha value is -1.63. The van der Waals surface area contributed by atoms with Gasteiger partial charge in [-0.1, -0.05) is 36.4 Å². The van der Waals surface area contributed by atoms with E-state index in [2.05, 4.69) is 6.07 Å². The quantitative estimate of drug-likeness (QED) is 0.707. The lowest BCUT2D eigenvalue weighted by Crippen LogP contribution is -2.19. The molecule has 90 valence electrons. The van der Waals surface area contributed by atoms with Crippen molar-refractivity contribution < 1.29 is 9.47 Å². The van der Waals surface area contributed by atoms with E-state index in [1.807, 2.05) is 43.3 Å². The van der Waals surface area contributed by atoms with Gasteiger partial charge in [0.15, 0.2) is 12.4 Å². The Bertz CT molecular complexity index is 381. The van der Waals surface area contributed by atoms with Gasteiger partial charge >= 0.3 is 0 Å². The number of benzene rings is 1. The molecule has 0 spiro atoms. The average molecular weight is 231 g/mol. The third-order valence-corrected chi connectivity index (χ3v) is 2.13. The van der Waals surface area contributed by atoms with Crippen LogP contribution in [0.15, 0.2) is 36.4 Å². The molecular weight excluding hydrogens is 214 g/mol. The van der Waals surface area contributed by atoms with Crippen molar-refractivity contribution in [1.29, 1.82) is 5.26 Å². The van der Waals surface area contributed by atoms with Gasteiger partial charge in [0.05, 0.1) is 6.07 Å². The SMILES string of the molecule is CCOC(C)OC(C#N)/C=C/c1ccccc1. The molecule has 0 heterocycles. The van der Waals surface area contributed by atoms with Gasteiger partial charge in [0.2, 0.25) is 0 Å². The molecule has 1 aromatic rings. The van der Waals surface area contributed by atoms with Crippen molar-refractivity contribution in [1.82, 2.24) is 0 Å². The Morgan fingerprint density at radius 1 is 1.35 bits per heavy atom. The first-order valence-corrected chi connectivity index (χ1v) is 5.66. The van der Waals surface area contributed by atoms with E-state index in [0.29, 0.717) is 6.61 Å². The zero-order valence-electron chi connectivity index (χ0n) is 10.2. The molecule has 0 amide bonds. The van der Waals surface area contributed by atoms with Crippen molar-refractivity contribution in [3.05, 3.63) is 42.0 Å². The standard InChI is InChI=1S/C14H17NO2/c1-3-16-12(2)17-14(11-15)10-9-13-7-5-4-6-8-13/h4-10,12,14H,3H2,1-2H3/b10-9+. The van der Waals surface area contributed by atoms with Crippen molar-refractivity contribution in [3.63, 3.8) is 0 Å². The lowest BCUT2D eigenvalue weighted by molar-refractivity contribution is -0.133. The highest BCUT2D eigenvalue weighted by Gasteiger charge is 2.08. The van der Waals surface area contributed by atoms with Crippen LogP contribution in [-0.4, -0.2) is 19.0 Å². The molecule has 0 saturated heterocycles. The van der Waals surface area contributed by atoms with Crippen LogP contribution in [0.5, 0.6) is 0 Å². The predicted octanol–water partition coefficient (Wildman–Crippen LogP) is 2.99. The lowest BCUT2D eigenvalue weighted by Gasteiger charge is -2.14. The minimum absolute atomic E-state index is 0.370. The molecule has 2 unspecified atom stereocenters. The largest absolute Gasteiger partial charge is 0.353 e. The highest BCUT2D eigenvalue weighted by molar-refractivity contribution is 5.49. The highest BCUT2D eigenvalue weighted by atomic mass is 16.7. The van der Waals surface area contributed by atoms with E-state index in [-0.39, 0.29) is 6.29 Å². The normalized spacial score (nSPS) is 14.4. The van der Waals surface area contributed by atoms with Gasteiger partial charge in [-0.25, -0.2) is 0 Å². The molecule has 0 saturated carbocycles. The van der Waals surface area contributed by atoms with Gasteiger partial charge in [-0.2, -0.15) is 5.26 Å². The fourth-order valence-corrected chi connectivity index (χ4v) is 1.36. The second-order valence-electron chi connectivity index (χ2n) is 3.48. The van der Waals surface area contributed by atoms with Crippen LogP contribution in [0.25, 0.3) is 6.08 Å². The molecule has 3 heteroatoms. The Labute approximate surface area is 102 Å². The maximum atomic E-state index is 8.94. The average Bonchev–Trinajstić information content (AvgIpc) is 2.36. The summed E-state index contributed by atoms with van der Waals surface area (Å²) in [6.07, 6.45) is 2.64. The van der Waals surface area contributed by atoms with Gasteiger partial charge in [-0.3, -0.25) is 0 Å². The summed E-state index contributed by atoms with van der Waals surface area (Å²) in [7, 11) is 0. The molecule has 17 heavy (non-hydrogen) atoms. The number of nitrogens with zero attached hydrogens (tertiary/aromatic N) is 1. The molecule has 0 aromatic heterocycles. The van der Waals surface area contributed by atoms with Gasteiger partial charge in [-0.15, -0.1) is 0 Å². The first kappa shape index (κ1) is 13.4. The van der Waals surface area contributed by atoms with Crippen LogP contribution in [0.1, 0.15) is 19.4 Å². The van der Waals surface area contributed by atoms with E-state index in [9.17, 15) is 0 Å². The predicted molar refractivity (Wildman–Crippen MR) is 67.1 cm³/mol. The van der Waals surface area contributed by atoms with Gasteiger partial charge in [0.1, 0.15) is 0 Å². The molecule has 1 aromatic carbocycles. The van der Waals surface area contributed by atoms with Crippen LogP contribution in [0, 0.1) is 11.3 Å². The summed E-state index contributed by atoms with van der Waals surface area (Å²) >= 11 is 0. The summed E-state index contributed by atoms with van der Waals surface area (Å²) in [6, 6.07) is 11.9. The van der Waals surface area contributed by atoms with Crippen molar-refractivity contribution in [3.8, 4) is 6.07 Å². The van der Waals surface area contributed by atoms with E-state index < -0.39 is 6.10 Å². The van der Waals surface area contributed by atoms with Crippen LogP contribution < -0.4 is 0 Å². The molecule has 1 rings (SSSR count). The summed E-state index contributed by atoms with van der Waals surface area (Å²) in [4.78, 5) is 0. The van der Waals surface area contributed by atoms with Gasteiger partial charge in [0, 0.05) is 6.61 Å². The van der Waals surface area contributed by atoms with Crippen LogP contribution in [-0.2, 0) is 9.47 Å². The smallest absolute Gasteiger partial charge is 0.165 e. The molecule has 0 N–H and O–H groups in total. The lowest BCUT2D eigenvalue weighted by atomic mass is 10.2. The van der Waals surface area contributed by atoms with E-state index in [1.54, 1.807) is 13.0 Å². The van der Waals surface area contributed by atoms with Crippen LogP contribution in [0.4, 0.5) is 0 Å².